The molecular formula is C17H15FO2. The van der Waals surface area contributed by atoms with Gasteiger partial charge in [-0.25, -0.2) is 4.39 Å². The molecule has 2 aromatic carbocycles. The van der Waals surface area contributed by atoms with Gasteiger partial charge in [-0.3, -0.25) is 0 Å². The van der Waals surface area contributed by atoms with Crippen LogP contribution in [0.1, 0.15) is 19.4 Å². The third-order valence-electron chi connectivity index (χ3n) is 2.43. The molecule has 102 valence electrons. The molecule has 0 unspecified atom stereocenters. The molecule has 0 aliphatic rings. The van der Waals surface area contributed by atoms with Gasteiger partial charge in [0.15, 0.2) is 11.6 Å². The van der Waals surface area contributed by atoms with Crippen LogP contribution < -0.4 is 4.74 Å². The highest BCUT2D eigenvalue weighted by molar-refractivity contribution is 5.41. The molecule has 0 bridgehead atoms. The first kappa shape index (κ1) is 14.1. The number of halogens is 1. The SMILES string of the molecule is CC(C)(O)C#Cc1ccc(Oc2ccccc2F)cc1. The fraction of sp³-hybridized carbons (Fsp3) is 0.176. The largest absolute Gasteiger partial charge is 0.454 e. The number of ether oxygens (including phenoxy) is 1. The van der Waals surface area contributed by atoms with E-state index in [1.54, 1.807) is 56.3 Å². The Morgan fingerprint density at radius 1 is 1.05 bits per heavy atom. The predicted molar refractivity (Wildman–Crippen MR) is 76.1 cm³/mol. The molecular weight excluding hydrogens is 255 g/mol. The monoisotopic (exact) mass is 270 g/mol. The second-order valence-electron chi connectivity index (χ2n) is 4.87. The van der Waals surface area contributed by atoms with Gasteiger partial charge in [-0.2, -0.15) is 0 Å². The number of hydrogen-bond donors (Lipinski definition) is 1. The second-order valence-corrected chi connectivity index (χ2v) is 4.87. The van der Waals surface area contributed by atoms with Crippen molar-refractivity contribution in [1.29, 1.82) is 0 Å². The minimum absolute atomic E-state index is 0.183. The van der Waals surface area contributed by atoms with Gasteiger partial charge >= 0.3 is 0 Å². The zero-order valence-electron chi connectivity index (χ0n) is 11.4. The van der Waals surface area contributed by atoms with Crippen molar-refractivity contribution >= 4 is 0 Å². The van der Waals surface area contributed by atoms with Crippen molar-refractivity contribution in [3.8, 4) is 23.3 Å². The number of benzene rings is 2. The van der Waals surface area contributed by atoms with E-state index in [2.05, 4.69) is 11.8 Å². The van der Waals surface area contributed by atoms with Gasteiger partial charge < -0.3 is 9.84 Å². The van der Waals surface area contributed by atoms with E-state index < -0.39 is 11.4 Å². The quantitative estimate of drug-likeness (QED) is 0.842. The Morgan fingerprint density at radius 2 is 1.70 bits per heavy atom. The molecule has 0 heterocycles. The minimum Gasteiger partial charge on any atom is -0.454 e. The lowest BCUT2D eigenvalue weighted by Gasteiger charge is -2.07. The first-order valence-corrected chi connectivity index (χ1v) is 6.22. The van der Waals surface area contributed by atoms with Crippen molar-refractivity contribution < 1.29 is 14.2 Å². The Hall–Kier alpha value is -2.31. The van der Waals surface area contributed by atoms with Crippen LogP contribution in [0.4, 0.5) is 4.39 Å². The van der Waals surface area contributed by atoms with E-state index in [-0.39, 0.29) is 5.75 Å². The lowest BCUT2D eigenvalue weighted by molar-refractivity contribution is 0.143. The van der Waals surface area contributed by atoms with Gasteiger partial charge in [-0.15, -0.1) is 0 Å². The average Bonchev–Trinajstić information content (AvgIpc) is 2.40. The van der Waals surface area contributed by atoms with Gasteiger partial charge in [0.1, 0.15) is 11.4 Å². The zero-order valence-corrected chi connectivity index (χ0v) is 11.4. The molecule has 2 nitrogen and oxygen atoms in total. The van der Waals surface area contributed by atoms with Crippen molar-refractivity contribution in [2.45, 2.75) is 19.4 Å². The van der Waals surface area contributed by atoms with Crippen LogP contribution in [0, 0.1) is 17.7 Å². The molecule has 20 heavy (non-hydrogen) atoms. The fourth-order valence-corrected chi connectivity index (χ4v) is 1.49. The Kier molecular flexibility index (Phi) is 4.07. The summed E-state index contributed by atoms with van der Waals surface area (Å²) in [7, 11) is 0. The van der Waals surface area contributed by atoms with E-state index in [0.29, 0.717) is 5.75 Å². The van der Waals surface area contributed by atoms with Crippen molar-refractivity contribution in [3.05, 3.63) is 59.9 Å². The summed E-state index contributed by atoms with van der Waals surface area (Å²) in [5.41, 5.74) is -0.268. The molecule has 0 aliphatic heterocycles. The summed E-state index contributed by atoms with van der Waals surface area (Å²) in [6, 6.07) is 13.2. The summed E-state index contributed by atoms with van der Waals surface area (Å²) < 4.78 is 18.9. The van der Waals surface area contributed by atoms with Crippen molar-refractivity contribution in [3.63, 3.8) is 0 Å². The van der Waals surface area contributed by atoms with Crippen LogP contribution in [-0.4, -0.2) is 10.7 Å². The van der Waals surface area contributed by atoms with Crippen LogP contribution >= 0.6 is 0 Å². The summed E-state index contributed by atoms with van der Waals surface area (Å²) in [5.74, 6) is 5.89. The first-order valence-electron chi connectivity index (χ1n) is 6.22. The number of rotatable bonds is 2. The molecule has 0 saturated carbocycles. The maximum atomic E-state index is 13.4. The summed E-state index contributed by atoms with van der Waals surface area (Å²) in [6.45, 7) is 3.24. The Morgan fingerprint density at radius 3 is 2.30 bits per heavy atom. The van der Waals surface area contributed by atoms with Gasteiger partial charge in [0.25, 0.3) is 0 Å². The molecule has 0 amide bonds. The predicted octanol–water partition coefficient (Wildman–Crippen LogP) is 3.74. The van der Waals surface area contributed by atoms with E-state index in [0.717, 1.165) is 5.56 Å². The highest BCUT2D eigenvalue weighted by Crippen LogP contribution is 2.24. The average molecular weight is 270 g/mol. The molecule has 0 saturated heterocycles. The summed E-state index contributed by atoms with van der Waals surface area (Å²) in [4.78, 5) is 0. The molecule has 2 aromatic rings. The number of hydrogen-bond acceptors (Lipinski definition) is 2. The molecule has 0 radical (unpaired) electrons. The van der Waals surface area contributed by atoms with E-state index in [1.165, 1.54) is 6.07 Å². The van der Waals surface area contributed by atoms with Gasteiger partial charge in [-0.1, -0.05) is 24.0 Å². The summed E-state index contributed by atoms with van der Waals surface area (Å²) in [6.07, 6.45) is 0. The van der Waals surface area contributed by atoms with E-state index in [9.17, 15) is 9.50 Å². The molecule has 0 spiro atoms. The van der Waals surface area contributed by atoms with Gasteiger partial charge in [-0.05, 0) is 50.2 Å². The molecule has 0 aliphatic carbocycles. The van der Waals surface area contributed by atoms with Crippen LogP contribution in [-0.2, 0) is 0 Å². The summed E-state index contributed by atoms with van der Waals surface area (Å²) in [5, 5.41) is 9.52. The number of para-hydroxylation sites is 1. The summed E-state index contributed by atoms with van der Waals surface area (Å²) >= 11 is 0. The van der Waals surface area contributed by atoms with Gasteiger partial charge in [0.2, 0.25) is 0 Å². The van der Waals surface area contributed by atoms with E-state index >= 15 is 0 Å². The third kappa shape index (κ3) is 4.11. The van der Waals surface area contributed by atoms with Crippen LogP contribution in [0.15, 0.2) is 48.5 Å². The highest BCUT2D eigenvalue weighted by atomic mass is 19.1. The second kappa shape index (κ2) is 5.77. The topological polar surface area (TPSA) is 29.5 Å². The molecule has 1 N–H and O–H groups in total. The standard InChI is InChI=1S/C17H15FO2/c1-17(2,19)12-11-13-7-9-14(10-8-13)20-16-6-4-3-5-15(16)18/h3-10,19H,1-2H3. The highest BCUT2D eigenvalue weighted by Gasteiger charge is 2.06. The van der Waals surface area contributed by atoms with Gasteiger partial charge in [0.05, 0.1) is 0 Å². The molecule has 0 atom stereocenters. The van der Waals surface area contributed by atoms with E-state index in [1.807, 2.05) is 0 Å². The van der Waals surface area contributed by atoms with Crippen LogP contribution in [0.5, 0.6) is 11.5 Å². The van der Waals surface area contributed by atoms with Gasteiger partial charge in [0, 0.05) is 5.56 Å². The van der Waals surface area contributed by atoms with E-state index in [4.69, 9.17) is 4.74 Å². The van der Waals surface area contributed by atoms with Crippen LogP contribution in [0.25, 0.3) is 0 Å². The smallest absolute Gasteiger partial charge is 0.165 e. The van der Waals surface area contributed by atoms with Crippen LogP contribution in [0.3, 0.4) is 0 Å². The van der Waals surface area contributed by atoms with Crippen molar-refractivity contribution in [2.24, 2.45) is 0 Å². The fourth-order valence-electron chi connectivity index (χ4n) is 1.49. The maximum Gasteiger partial charge on any atom is 0.165 e. The maximum absolute atomic E-state index is 13.4. The molecule has 0 aromatic heterocycles. The molecule has 3 heteroatoms. The normalized spacial score (nSPS) is 10.6. The molecule has 0 fully saturated rings. The Balaban J connectivity index is 2.13. The lowest BCUT2D eigenvalue weighted by Crippen LogP contribution is -2.14. The Bertz CT molecular complexity index is 643. The third-order valence-corrected chi connectivity index (χ3v) is 2.43. The van der Waals surface area contributed by atoms with Crippen molar-refractivity contribution in [1.82, 2.24) is 0 Å². The van der Waals surface area contributed by atoms with Crippen LogP contribution in [0.2, 0.25) is 0 Å². The first-order chi connectivity index (χ1) is 9.44. The zero-order chi connectivity index (χ0) is 14.6. The minimum atomic E-state index is -1.03. The Labute approximate surface area is 117 Å². The number of aliphatic hydroxyl groups is 1. The molecule has 2 rings (SSSR count). The van der Waals surface area contributed by atoms with Crippen molar-refractivity contribution in [2.75, 3.05) is 0 Å². The lowest BCUT2D eigenvalue weighted by atomic mass is 10.1.